The zero-order chi connectivity index (χ0) is 17.3. The number of thioether (sulfide) groups is 1. The highest BCUT2D eigenvalue weighted by Crippen LogP contribution is 2.31. The molecule has 2 heterocycles. The van der Waals surface area contributed by atoms with Crippen LogP contribution in [0, 0.1) is 5.82 Å². The van der Waals surface area contributed by atoms with Crippen molar-refractivity contribution >= 4 is 11.8 Å². The number of hydrogen-bond acceptors (Lipinski definition) is 4. The lowest BCUT2D eigenvalue weighted by molar-refractivity contribution is -0.137. The van der Waals surface area contributed by atoms with Crippen molar-refractivity contribution in [3.8, 4) is 0 Å². The topological polar surface area (TPSA) is 29.0 Å². The van der Waals surface area contributed by atoms with Gasteiger partial charge in [-0.1, -0.05) is 11.8 Å². The third kappa shape index (κ3) is 3.70. The minimum absolute atomic E-state index is 0.0509. The zero-order valence-electron chi connectivity index (χ0n) is 12.9. The van der Waals surface area contributed by atoms with Crippen LogP contribution < -0.4 is 0 Å². The summed E-state index contributed by atoms with van der Waals surface area (Å²) in [5.74, 6) is -0.622. The number of benzene rings is 1. The Hall–Kier alpha value is -1.67. The lowest BCUT2D eigenvalue weighted by Crippen LogP contribution is -2.31. The Kier molecular flexibility index (Phi) is 4.78. The van der Waals surface area contributed by atoms with Gasteiger partial charge in [0, 0.05) is 43.4 Å². The van der Waals surface area contributed by atoms with Gasteiger partial charge in [-0.15, -0.1) is 0 Å². The maximum absolute atomic E-state index is 13.9. The third-order valence-electron chi connectivity index (χ3n) is 3.94. The number of halogens is 4. The van der Waals surface area contributed by atoms with Crippen LogP contribution in [-0.4, -0.2) is 27.7 Å². The second-order valence-electron chi connectivity index (χ2n) is 5.59. The quantitative estimate of drug-likeness (QED) is 0.473. The molecule has 0 aliphatic carbocycles. The van der Waals surface area contributed by atoms with Gasteiger partial charge in [0.05, 0.1) is 11.3 Å². The molecule has 0 unspecified atom stereocenters. The van der Waals surface area contributed by atoms with E-state index >= 15 is 0 Å². The van der Waals surface area contributed by atoms with Crippen LogP contribution >= 0.6 is 11.8 Å². The van der Waals surface area contributed by atoms with Gasteiger partial charge in [-0.3, -0.25) is 4.90 Å². The summed E-state index contributed by atoms with van der Waals surface area (Å²) in [6.07, 6.45) is -0.166. The van der Waals surface area contributed by atoms with Crippen LogP contribution in [0.4, 0.5) is 17.6 Å². The molecule has 1 aromatic carbocycles. The monoisotopic (exact) mass is 357 g/mol. The molecule has 0 atom stereocenters. The lowest BCUT2D eigenvalue weighted by Gasteiger charge is -2.28. The van der Waals surface area contributed by atoms with Crippen LogP contribution in [0.2, 0.25) is 0 Å². The van der Waals surface area contributed by atoms with E-state index in [0.717, 1.165) is 29.5 Å². The number of nitrogens with zero attached hydrogens (tertiary/aromatic N) is 3. The highest BCUT2D eigenvalue weighted by atomic mass is 32.2. The molecule has 1 aliphatic rings. The van der Waals surface area contributed by atoms with Gasteiger partial charge < -0.3 is 0 Å². The van der Waals surface area contributed by atoms with E-state index in [1.165, 1.54) is 11.8 Å². The number of fused-ring (bicyclic) bond motifs is 1. The van der Waals surface area contributed by atoms with Crippen molar-refractivity contribution in [1.82, 2.24) is 14.9 Å². The first-order valence-corrected chi connectivity index (χ1v) is 8.56. The average molecular weight is 357 g/mol. The molecular weight excluding hydrogens is 342 g/mol. The predicted octanol–water partition coefficient (Wildman–Crippen LogP) is 3.91. The van der Waals surface area contributed by atoms with Crippen molar-refractivity contribution in [3.05, 3.63) is 52.6 Å². The summed E-state index contributed by atoms with van der Waals surface area (Å²) in [6.45, 7) is 1.24. The molecule has 0 radical (unpaired) electrons. The average Bonchev–Trinajstić information content (AvgIpc) is 2.55. The summed E-state index contributed by atoms with van der Waals surface area (Å²) in [6, 6.07) is 2.53. The first kappa shape index (κ1) is 17.2. The Morgan fingerprint density at radius 1 is 1.29 bits per heavy atom. The molecule has 2 aromatic rings. The molecule has 3 rings (SSSR count). The normalized spacial score (nSPS) is 15.4. The Balaban J connectivity index is 1.78. The molecule has 3 nitrogen and oxygen atoms in total. The van der Waals surface area contributed by atoms with Crippen LogP contribution in [0.5, 0.6) is 0 Å². The fourth-order valence-corrected chi connectivity index (χ4v) is 3.06. The summed E-state index contributed by atoms with van der Waals surface area (Å²) in [4.78, 5) is 10.6. The highest BCUT2D eigenvalue weighted by molar-refractivity contribution is 7.98. The molecule has 0 bridgehead atoms. The highest BCUT2D eigenvalue weighted by Gasteiger charge is 2.31. The molecule has 0 amide bonds. The molecule has 24 heavy (non-hydrogen) atoms. The second kappa shape index (κ2) is 6.68. The van der Waals surface area contributed by atoms with E-state index < -0.39 is 17.6 Å². The molecule has 8 heteroatoms. The first-order chi connectivity index (χ1) is 11.4. The molecule has 0 spiro atoms. The van der Waals surface area contributed by atoms with Gasteiger partial charge in [-0.25, -0.2) is 14.4 Å². The van der Waals surface area contributed by atoms with Crippen LogP contribution in [0.3, 0.4) is 0 Å². The van der Waals surface area contributed by atoms with Gasteiger partial charge in [0.15, 0.2) is 5.16 Å². The third-order valence-corrected chi connectivity index (χ3v) is 4.50. The van der Waals surface area contributed by atoms with Gasteiger partial charge in [0.2, 0.25) is 0 Å². The molecule has 0 saturated heterocycles. The van der Waals surface area contributed by atoms with Crippen LogP contribution in [-0.2, 0) is 25.7 Å². The number of rotatable bonds is 3. The van der Waals surface area contributed by atoms with Crippen molar-refractivity contribution in [2.45, 2.75) is 30.8 Å². The van der Waals surface area contributed by atoms with E-state index in [1.54, 1.807) is 6.20 Å². The summed E-state index contributed by atoms with van der Waals surface area (Å²) >= 11 is 1.46. The van der Waals surface area contributed by atoms with Crippen molar-refractivity contribution in [3.63, 3.8) is 0 Å². The standard InChI is InChI=1S/C16H15F4N3S/c1-24-15-21-7-11-9-23(5-4-14(11)22-15)8-10-6-12(16(18,19)20)2-3-13(10)17/h2-3,6-7H,4-5,8-9H2,1H3. The minimum Gasteiger partial charge on any atom is -0.294 e. The van der Waals surface area contributed by atoms with Crippen LogP contribution in [0.25, 0.3) is 0 Å². The SMILES string of the molecule is CSc1ncc2c(n1)CCN(Cc1cc(C(F)(F)F)ccc1F)C2. The van der Waals surface area contributed by atoms with Crippen molar-refractivity contribution in [2.75, 3.05) is 12.8 Å². The van der Waals surface area contributed by atoms with E-state index in [4.69, 9.17) is 0 Å². The molecule has 128 valence electrons. The largest absolute Gasteiger partial charge is 0.416 e. The summed E-state index contributed by atoms with van der Waals surface area (Å²) in [5.41, 5.74) is 1.11. The Labute approximate surface area is 141 Å². The van der Waals surface area contributed by atoms with Crippen LogP contribution in [0.15, 0.2) is 29.6 Å². The van der Waals surface area contributed by atoms with Crippen molar-refractivity contribution in [1.29, 1.82) is 0 Å². The fourth-order valence-electron chi connectivity index (χ4n) is 2.70. The van der Waals surface area contributed by atoms with E-state index in [-0.39, 0.29) is 12.1 Å². The molecular formula is C16H15F4N3S. The predicted molar refractivity (Wildman–Crippen MR) is 83.0 cm³/mol. The Morgan fingerprint density at radius 2 is 2.08 bits per heavy atom. The smallest absolute Gasteiger partial charge is 0.294 e. The molecule has 1 aliphatic heterocycles. The number of alkyl halides is 3. The fraction of sp³-hybridized carbons (Fsp3) is 0.375. The number of hydrogen-bond donors (Lipinski definition) is 0. The van der Waals surface area contributed by atoms with Gasteiger partial charge in [-0.05, 0) is 24.5 Å². The van der Waals surface area contributed by atoms with E-state index in [1.807, 2.05) is 11.2 Å². The Bertz CT molecular complexity index is 749. The van der Waals surface area contributed by atoms with Crippen molar-refractivity contribution < 1.29 is 17.6 Å². The summed E-state index contributed by atoms with van der Waals surface area (Å²) < 4.78 is 52.3. The lowest BCUT2D eigenvalue weighted by atomic mass is 10.0. The molecule has 0 fully saturated rings. The summed E-state index contributed by atoms with van der Waals surface area (Å²) in [5, 5.41) is 0.700. The molecule has 0 saturated carbocycles. The molecule has 0 N–H and O–H groups in total. The van der Waals surface area contributed by atoms with E-state index in [2.05, 4.69) is 9.97 Å². The zero-order valence-corrected chi connectivity index (χ0v) is 13.7. The Morgan fingerprint density at radius 3 is 2.79 bits per heavy atom. The molecule has 1 aromatic heterocycles. The first-order valence-electron chi connectivity index (χ1n) is 7.33. The van der Waals surface area contributed by atoms with Gasteiger partial charge >= 0.3 is 6.18 Å². The minimum atomic E-state index is -4.47. The maximum Gasteiger partial charge on any atom is 0.416 e. The van der Waals surface area contributed by atoms with E-state index in [9.17, 15) is 17.6 Å². The van der Waals surface area contributed by atoms with Gasteiger partial charge in [0.25, 0.3) is 0 Å². The number of aromatic nitrogens is 2. The van der Waals surface area contributed by atoms with E-state index in [0.29, 0.717) is 24.7 Å². The summed E-state index contributed by atoms with van der Waals surface area (Å²) in [7, 11) is 0. The van der Waals surface area contributed by atoms with Crippen molar-refractivity contribution in [2.24, 2.45) is 0 Å². The van der Waals surface area contributed by atoms with Gasteiger partial charge in [-0.2, -0.15) is 13.2 Å². The van der Waals surface area contributed by atoms with Gasteiger partial charge in [0.1, 0.15) is 5.82 Å². The maximum atomic E-state index is 13.9. The second-order valence-corrected chi connectivity index (χ2v) is 6.37. The van der Waals surface area contributed by atoms with Crippen LogP contribution in [0.1, 0.15) is 22.4 Å².